The summed E-state index contributed by atoms with van der Waals surface area (Å²) >= 11 is 6.01. The Hall–Kier alpha value is -1.89. The minimum absolute atomic E-state index is 0.164. The Labute approximate surface area is 175 Å². The van der Waals surface area contributed by atoms with Crippen LogP contribution in [0.5, 0.6) is 0 Å². The normalized spacial score (nSPS) is 28.3. The zero-order valence-corrected chi connectivity index (χ0v) is 17.3. The van der Waals surface area contributed by atoms with Crippen molar-refractivity contribution in [1.29, 1.82) is 0 Å². The monoisotopic (exact) mass is 418 g/mol. The highest BCUT2D eigenvalue weighted by atomic mass is 35.5. The first-order valence-corrected chi connectivity index (χ1v) is 10.6. The maximum absolute atomic E-state index is 11.5. The summed E-state index contributed by atoms with van der Waals surface area (Å²) in [5.41, 5.74) is 1.19. The second-order valence-electron chi connectivity index (χ2n) is 8.16. The lowest BCUT2D eigenvalue weighted by Crippen LogP contribution is -2.57. The molecule has 2 unspecified atom stereocenters. The fourth-order valence-corrected chi connectivity index (χ4v) is 4.72. The quantitative estimate of drug-likeness (QED) is 0.789. The Bertz CT molecular complexity index is 830. The van der Waals surface area contributed by atoms with E-state index in [1.807, 2.05) is 31.2 Å². The smallest absolute Gasteiger partial charge is 0.334 e. The Kier molecular flexibility index (Phi) is 6.23. The SMILES string of the molecule is Cc1cnc(C2CCC(N3CC(C(=O)O)OCC3Cc3ccc(Cl)cc3)CC2)o1. The first-order valence-electron chi connectivity index (χ1n) is 10.3. The van der Waals surface area contributed by atoms with E-state index in [1.165, 1.54) is 5.56 Å². The van der Waals surface area contributed by atoms with Crippen LogP contribution >= 0.6 is 11.6 Å². The van der Waals surface area contributed by atoms with Gasteiger partial charge in [0.1, 0.15) is 5.76 Å². The van der Waals surface area contributed by atoms with E-state index in [9.17, 15) is 9.90 Å². The van der Waals surface area contributed by atoms with Gasteiger partial charge in [0.15, 0.2) is 12.0 Å². The molecule has 0 radical (unpaired) electrons. The summed E-state index contributed by atoms with van der Waals surface area (Å²) in [4.78, 5) is 18.3. The van der Waals surface area contributed by atoms with Crippen LogP contribution in [0.2, 0.25) is 5.02 Å². The van der Waals surface area contributed by atoms with Gasteiger partial charge in [-0.3, -0.25) is 4.90 Å². The Balaban J connectivity index is 1.44. The van der Waals surface area contributed by atoms with Crippen molar-refractivity contribution in [2.75, 3.05) is 13.2 Å². The number of halogens is 1. The lowest BCUT2D eigenvalue weighted by molar-refractivity contribution is -0.162. The van der Waals surface area contributed by atoms with Crippen LogP contribution in [-0.2, 0) is 16.0 Å². The molecule has 1 N–H and O–H groups in total. The van der Waals surface area contributed by atoms with Gasteiger partial charge in [-0.05, 0) is 56.7 Å². The molecule has 1 saturated carbocycles. The molecule has 29 heavy (non-hydrogen) atoms. The predicted octanol–water partition coefficient (Wildman–Crippen LogP) is 4.06. The van der Waals surface area contributed by atoms with E-state index < -0.39 is 12.1 Å². The third kappa shape index (κ3) is 4.82. The third-order valence-corrected chi connectivity index (χ3v) is 6.40. The van der Waals surface area contributed by atoms with Crippen molar-refractivity contribution in [2.45, 2.75) is 63.1 Å². The number of benzene rings is 1. The summed E-state index contributed by atoms with van der Waals surface area (Å²) in [6, 6.07) is 8.38. The van der Waals surface area contributed by atoms with Crippen molar-refractivity contribution in [2.24, 2.45) is 0 Å². The van der Waals surface area contributed by atoms with Crippen molar-refractivity contribution in [3.63, 3.8) is 0 Å². The average molecular weight is 419 g/mol. The zero-order valence-electron chi connectivity index (χ0n) is 16.6. The number of ether oxygens (including phenoxy) is 1. The van der Waals surface area contributed by atoms with Crippen LogP contribution in [0.15, 0.2) is 34.9 Å². The minimum Gasteiger partial charge on any atom is -0.479 e. The van der Waals surface area contributed by atoms with Gasteiger partial charge in [-0.15, -0.1) is 0 Å². The van der Waals surface area contributed by atoms with Crippen molar-refractivity contribution in [3.05, 3.63) is 52.7 Å². The van der Waals surface area contributed by atoms with Gasteiger partial charge < -0.3 is 14.3 Å². The Morgan fingerprint density at radius 1 is 1.24 bits per heavy atom. The molecule has 1 saturated heterocycles. The lowest BCUT2D eigenvalue weighted by Gasteiger charge is -2.45. The van der Waals surface area contributed by atoms with Crippen LogP contribution in [0, 0.1) is 6.92 Å². The first-order chi connectivity index (χ1) is 14.0. The zero-order chi connectivity index (χ0) is 20.4. The number of rotatable bonds is 5. The summed E-state index contributed by atoms with van der Waals surface area (Å²) < 4.78 is 11.4. The highest BCUT2D eigenvalue weighted by Gasteiger charge is 2.38. The number of hydrogen-bond donors (Lipinski definition) is 1. The molecule has 2 aliphatic rings. The number of hydrogen-bond acceptors (Lipinski definition) is 5. The van der Waals surface area contributed by atoms with Gasteiger partial charge in [0.25, 0.3) is 0 Å². The highest BCUT2D eigenvalue weighted by molar-refractivity contribution is 6.30. The fourth-order valence-electron chi connectivity index (χ4n) is 4.60. The number of aryl methyl sites for hydroxylation is 1. The number of carbonyl (C=O) groups is 1. The summed E-state index contributed by atoms with van der Waals surface area (Å²) in [5.74, 6) is 1.15. The molecule has 156 valence electrons. The summed E-state index contributed by atoms with van der Waals surface area (Å²) in [6.45, 7) is 2.78. The lowest BCUT2D eigenvalue weighted by atomic mass is 9.84. The molecule has 0 spiro atoms. The Morgan fingerprint density at radius 2 is 1.97 bits per heavy atom. The van der Waals surface area contributed by atoms with Gasteiger partial charge in [0.05, 0.1) is 12.8 Å². The van der Waals surface area contributed by atoms with Crippen molar-refractivity contribution in [1.82, 2.24) is 9.88 Å². The van der Waals surface area contributed by atoms with Gasteiger partial charge in [0.2, 0.25) is 0 Å². The average Bonchev–Trinajstić information content (AvgIpc) is 3.16. The number of carboxylic acid groups (broad SMARTS) is 1. The van der Waals surface area contributed by atoms with Gasteiger partial charge in [-0.2, -0.15) is 0 Å². The largest absolute Gasteiger partial charge is 0.479 e. The molecule has 1 aliphatic heterocycles. The molecule has 2 atom stereocenters. The first kappa shape index (κ1) is 20.4. The summed E-state index contributed by atoms with van der Waals surface area (Å²) in [7, 11) is 0. The number of aliphatic carboxylic acids is 1. The molecular formula is C22H27ClN2O4. The molecule has 0 bridgehead atoms. The molecule has 2 aromatic rings. The summed E-state index contributed by atoms with van der Waals surface area (Å²) in [5, 5.41) is 10.2. The maximum atomic E-state index is 11.5. The predicted molar refractivity (Wildman–Crippen MR) is 109 cm³/mol. The van der Waals surface area contributed by atoms with Gasteiger partial charge in [-0.25, -0.2) is 9.78 Å². The topological polar surface area (TPSA) is 75.8 Å². The van der Waals surface area contributed by atoms with E-state index in [4.69, 9.17) is 20.8 Å². The Morgan fingerprint density at radius 3 is 2.59 bits per heavy atom. The molecular weight excluding hydrogens is 392 g/mol. The van der Waals surface area contributed by atoms with E-state index in [1.54, 1.807) is 6.20 Å². The van der Waals surface area contributed by atoms with E-state index in [2.05, 4.69) is 9.88 Å². The number of morpholine rings is 1. The highest BCUT2D eigenvalue weighted by Crippen LogP contribution is 2.36. The van der Waals surface area contributed by atoms with E-state index in [0.717, 1.165) is 48.8 Å². The molecule has 1 aliphatic carbocycles. The molecule has 1 aromatic carbocycles. The third-order valence-electron chi connectivity index (χ3n) is 6.15. The molecule has 4 rings (SSSR count). The minimum atomic E-state index is -0.885. The van der Waals surface area contributed by atoms with Crippen LogP contribution in [0.25, 0.3) is 0 Å². The van der Waals surface area contributed by atoms with Crippen LogP contribution in [0.3, 0.4) is 0 Å². The maximum Gasteiger partial charge on any atom is 0.334 e. The van der Waals surface area contributed by atoms with Gasteiger partial charge >= 0.3 is 5.97 Å². The van der Waals surface area contributed by atoms with Crippen molar-refractivity contribution < 1.29 is 19.1 Å². The number of oxazole rings is 1. The molecule has 6 nitrogen and oxygen atoms in total. The van der Waals surface area contributed by atoms with Crippen LogP contribution in [0.4, 0.5) is 0 Å². The second-order valence-corrected chi connectivity index (χ2v) is 8.59. The number of nitrogens with zero attached hydrogens (tertiary/aromatic N) is 2. The van der Waals surface area contributed by atoms with Crippen LogP contribution < -0.4 is 0 Å². The van der Waals surface area contributed by atoms with E-state index >= 15 is 0 Å². The molecule has 0 amide bonds. The number of carboxylic acids is 1. The molecule has 1 aromatic heterocycles. The van der Waals surface area contributed by atoms with Gasteiger partial charge in [-0.1, -0.05) is 23.7 Å². The fraction of sp³-hybridized carbons (Fsp3) is 0.545. The van der Waals surface area contributed by atoms with Gasteiger partial charge in [0, 0.05) is 29.6 Å². The second kappa shape index (κ2) is 8.86. The van der Waals surface area contributed by atoms with Crippen molar-refractivity contribution in [3.8, 4) is 0 Å². The molecule has 2 heterocycles. The van der Waals surface area contributed by atoms with Crippen LogP contribution in [0.1, 0.15) is 48.8 Å². The number of aromatic nitrogens is 1. The van der Waals surface area contributed by atoms with E-state index in [0.29, 0.717) is 25.1 Å². The standard InChI is InChI=1S/C22H27ClN2O4/c1-14-11-24-21(29-14)16-4-8-18(9-5-16)25-12-20(22(26)27)28-13-19(25)10-15-2-6-17(23)7-3-15/h2-3,6-7,11,16,18-20H,4-5,8-10,12-13H2,1H3,(H,26,27). The van der Waals surface area contributed by atoms with Crippen LogP contribution in [-0.4, -0.2) is 52.3 Å². The van der Waals surface area contributed by atoms with E-state index in [-0.39, 0.29) is 6.04 Å². The molecule has 7 heteroatoms. The molecule has 2 fully saturated rings. The summed E-state index contributed by atoms with van der Waals surface area (Å²) in [6.07, 6.45) is 5.88. The van der Waals surface area contributed by atoms with Crippen molar-refractivity contribution >= 4 is 17.6 Å².